The summed E-state index contributed by atoms with van der Waals surface area (Å²) in [7, 11) is 4.02. The van der Waals surface area contributed by atoms with Gasteiger partial charge < -0.3 is 15.5 Å². The Balaban J connectivity index is 2.14. The number of hydrogen-bond acceptors (Lipinski definition) is 5. The number of nitrogens with one attached hydrogen (secondary N) is 2. The van der Waals surface area contributed by atoms with E-state index in [1.807, 2.05) is 46.1 Å². The third-order valence-electron chi connectivity index (χ3n) is 3.58. The monoisotopic (exact) mass is 327 g/mol. The van der Waals surface area contributed by atoms with Gasteiger partial charge >= 0.3 is 0 Å². The smallest absolute Gasteiger partial charge is 0.274 e. The highest BCUT2D eigenvalue weighted by Gasteiger charge is 2.12. The van der Waals surface area contributed by atoms with E-state index in [1.165, 1.54) is 0 Å². The van der Waals surface area contributed by atoms with Crippen LogP contribution in [0.5, 0.6) is 0 Å². The molecule has 24 heavy (non-hydrogen) atoms. The fourth-order valence-corrected chi connectivity index (χ4v) is 2.24. The molecule has 0 aliphatic heterocycles. The summed E-state index contributed by atoms with van der Waals surface area (Å²) in [5, 5.41) is 6.15. The average molecular weight is 327 g/mol. The number of carbonyl (C=O) groups is 1. The van der Waals surface area contributed by atoms with E-state index in [-0.39, 0.29) is 5.91 Å². The highest BCUT2D eigenvalue weighted by molar-refractivity contribution is 6.03. The van der Waals surface area contributed by atoms with E-state index < -0.39 is 0 Å². The van der Waals surface area contributed by atoms with Gasteiger partial charge in [-0.15, -0.1) is 0 Å². The minimum atomic E-state index is -0.232. The standard InChI is InChI=1S/C18H25N5O/c1-12-6-7-13(2)15(10-12)22-18(24)16-11-17(21-14(3)20-16)19-8-9-23(4)5/h6-7,10-11H,8-9H2,1-5H3,(H,22,24)(H,19,20,21). The molecular weight excluding hydrogens is 302 g/mol. The van der Waals surface area contributed by atoms with Gasteiger partial charge in [-0.05, 0) is 52.1 Å². The number of benzene rings is 1. The maximum Gasteiger partial charge on any atom is 0.274 e. The van der Waals surface area contributed by atoms with Gasteiger partial charge in [-0.25, -0.2) is 9.97 Å². The van der Waals surface area contributed by atoms with Gasteiger partial charge in [-0.2, -0.15) is 0 Å². The summed E-state index contributed by atoms with van der Waals surface area (Å²) in [5.74, 6) is 0.997. The SMILES string of the molecule is Cc1ccc(C)c(NC(=O)c2cc(NCCN(C)C)nc(C)n2)c1. The van der Waals surface area contributed by atoms with Crippen molar-refractivity contribution in [3.05, 3.63) is 46.9 Å². The van der Waals surface area contributed by atoms with Gasteiger partial charge in [0.25, 0.3) is 5.91 Å². The van der Waals surface area contributed by atoms with Crippen molar-refractivity contribution >= 4 is 17.4 Å². The summed E-state index contributed by atoms with van der Waals surface area (Å²) in [6.45, 7) is 7.38. The number of carbonyl (C=O) groups excluding carboxylic acids is 1. The Bertz CT molecular complexity index is 727. The Morgan fingerprint density at radius 3 is 2.58 bits per heavy atom. The minimum Gasteiger partial charge on any atom is -0.369 e. The van der Waals surface area contributed by atoms with Crippen molar-refractivity contribution < 1.29 is 4.79 Å². The quantitative estimate of drug-likeness (QED) is 0.853. The zero-order chi connectivity index (χ0) is 17.7. The molecule has 6 heteroatoms. The normalized spacial score (nSPS) is 10.8. The first kappa shape index (κ1) is 17.9. The van der Waals surface area contributed by atoms with Crippen LogP contribution in [0, 0.1) is 20.8 Å². The van der Waals surface area contributed by atoms with Crippen molar-refractivity contribution in [1.82, 2.24) is 14.9 Å². The van der Waals surface area contributed by atoms with E-state index in [9.17, 15) is 4.79 Å². The molecule has 1 amide bonds. The lowest BCUT2D eigenvalue weighted by molar-refractivity contribution is 0.102. The van der Waals surface area contributed by atoms with E-state index in [1.54, 1.807) is 13.0 Å². The highest BCUT2D eigenvalue weighted by atomic mass is 16.1. The number of rotatable bonds is 6. The van der Waals surface area contributed by atoms with E-state index in [0.29, 0.717) is 17.3 Å². The summed E-state index contributed by atoms with van der Waals surface area (Å²) < 4.78 is 0. The van der Waals surface area contributed by atoms with Crippen LogP contribution < -0.4 is 10.6 Å². The molecule has 1 aromatic heterocycles. The molecule has 6 nitrogen and oxygen atoms in total. The molecule has 0 aliphatic rings. The van der Waals surface area contributed by atoms with Gasteiger partial charge in [0.15, 0.2) is 0 Å². The number of likely N-dealkylation sites (N-methyl/N-ethyl adjacent to an activating group) is 1. The predicted molar refractivity (Wildman–Crippen MR) is 97.7 cm³/mol. The molecule has 2 N–H and O–H groups in total. The van der Waals surface area contributed by atoms with Crippen LogP contribution >= 0.6 is 0 Å². The van der Waals surface area contributed by atoms with Gasteiger partial charge in [0.1, 0.15) is 17.3 Å². The summed E-state index contributed by atoms with van der Waals surface area (Å²) in [6.07, 6.45) is 0. The van der Waals surface area contributed by atoms with Gasteiger partial charge in [0.2, 0.25) is 0 Å². The Hall–Kier alpha value is -2.47. The summed E-state index contributed by atoms with van der Waals surface area (Å²) in [6, 6.07) is 7.65. The molecule has 2 rings (SSSR count). The van der Waals surface area contributed by atoms with Crippen molar-refractivity contribution in [1.29, 1.82) is 0 Å². The largest absolute Gasteiger partial charge is 0.369 e. The van der Waals surface area contributed by atoms with Crippen molar-refractivity contribution in [3.63, 3.8) is 0 Å². The number of amides is 1. The van der Waals surface area contributed by atoms with Gasteiger partial charge in [0.05, 0.1) is 0 Å². The van der Waals surface area contributed by atoms with E-state index in [2.05, 4.69) is 25.5 Å². The third kappa shape index (κ3) is 5.03. The molecule has 0 bridgehead atoms. The second kappa shape index (κ2) is 7.88. The van der Waals surface area contributed by atoms with E-state index in [0.717, 1.165) is 29.9 Å². The zero-order valence-corrected chi connectivity index (χ0v) is 15.0. The highest BCUT2D eigenvalue weighted by Crippen LogP contribution is 2.17. The Kier molecular flexibility index (Phi) is 5.87. The second-order valence-electron chi connectivity index (χ2n) is 6.19. The number of nitrogens with zero attached hydrogens (tertiary/aromatic N) is 3. The molecule has 0 atom stereocenters. The van der Waals surface area contributed by atoms with Gasteiger partial charge in [-0.3, -0.25) is 4.79 Å². The zero-order valence-electron chi connectivity index (χ0n) is 15.0. The molecule has 1 heterocycles. The van der Waals surface area contributed by atoms with Crippen LogP contribution in [-0.4, -0.2) is 48.0 Å². The fourth-order valence-electron chi connectivity index (χ4n) is 2.24. The molecule has 2 aromatic rings. The maximum atomic E-state index is 12.5. The summed E-state index contributed by atoms with van der Waals surface area (Å²) in [4.78, 5) is 23.2. The van der Waals surface area contributed by atoms with Crippen LogP contribution in [0.1, 0.15) is 27.4 Å². The van der Waals surface area contributed by atoms with E-state index in [4.69, 9.17) is 0 Å². The first-order valence-electron chi connectivity index (χ1n) is 7.98. The van der Waals surface area contributed by atoms with Crippen molar-refractivity contribution in [2.45, 2.75) is 20.8 Å². The molecule has 0 aliphatic carbocycles. The van der Waals surface area contributed by atoms with Gasteiger partial charge in [-0.1, -0.05) is 12.1 Å². The third-order valence-corrected chi connectivity index (χ3v) is 3.58. The van der Waals surface area contributed by atoms with Crippen molar-refractivity contribution in [3.8, 4) is 0 Å². The molecule has 128 valence electrons. The summed E-state index contributed by atoms with van der Waals surface area (Å²) in [5.41, 5.74) is 3.28. The number of aromatic nitrogens is 2. The molecule has 0 saturated carbocycles. The number of hydrogen-bond donors (Lipinski definition) is 2. The van der Waals surface area contributed by atoms with Crippen LogP contribution in [-0.2, 0) is 0 Å². The first-order chi connectivity index (χ1) is 11.3. The first-order valence-corrected chi connectivity index (χ1v) is 7.98. The number of anilines is 2. The number of aryl methyl sites for hydroxylation is 3. The van der Waals surface area contributed by atoms with Crippen molar-refractivity contribution in [2.24, 2.45) is 0 Å². The van der Waals surface area contributed by atoms with Crippen molar-refractivity contribution in [2.75, 3.05) is 37.8 Å². The van der Waals surface area contributed by atoms with Crippen LogP contribution in [0.2, 0.25) is 0 Å². The molecule has 0 radical (unpaired) electrons. The van der Waals surface area contributed by atoms with Crippen LogP contribution in [0.3, 0.4) is 0 Å². The Morgan fingerprint density at radius 1 is 1.12 bits per heavy atom. The molecule has 0 unspecified atom stereocenters. The Morgan fingerprint density at radius 2 is 1.88 bits per heavy atom. The van der Waals surface area contributed by atoms with Crippen LogP contribution in [0.15, 0.2) is 24.3 Å². The second-order valence-corrected chi connectivity index (χ2v) is 6.19. The maximum absolute atomic E-state index is 12.5. The van der Waals surface area contributed by atoms with Crippen LogP contribution in [0.25, 0.3) is 0 Å². The molecule has 0 spiro atoms. The van der Waals surface area contributed by atoms with E-state index >= 15 is 0 Å². The lowest BCUT2D eigenvalue weighted by atomic mass is 10.1. The fraction of sp³-hybridized carbons (Fsp3) is 0.389. The Labute approximate surface area is 143 Å². The average Bonchev–Trinajstić information content (AvgIpc) is 2.50. The minimum absolute atomic E-state index is 0.232. The predicted octanol–water partition coefficient (Wildman–Crippen LogP) is 2.63. The summed E-state index contributed by atoms with van der Waals surface area (Å²) >= 11 is 0. The molecule has 1 aromatic carbocycles. The lowest BCUT2D eigenvalue weighted by Crippen LogP contribution is -2.22. The van der Waals surface area contributed by atoms with Gasteiger partial charge in [0, 0.05) is 24.8 Å². The topological polar surface area (TPSA) is 70.2 Å². The molecule has 0 fully saturated rings. The molecular formula is C18H25N5O. The molecule has 0 saturated heterocycles. The van der Waals surface area contributed by atoms with Crippen LogP contribution in [0.4, 0.5) is 11.5 Å². The lowest BCUT2D eigenvalue weighted by Gasteiger charge is -2.12.